The van der Waals surface area contributed by atoms with Crippen LogP contribution in [0.2, 0.25) is 0 Å². The van der Waals surface area contributed by atoms with Crippen molar-refractivity contribution in [2.24, 2.45) is 0 Å². The lowest BCUT2D eigenvalue weighted by Gasteiger charge is -2.06. The minimum atomic E-state index is -1.25. The second-order valence-electron chi connectivity index (χ2n) is 3.04. The highest BCUT2D eigenvalue weighted by atomic mass is 35.5. The maximum Gasteiger partial charge on any atom is 0.139 e. The van der Waals surface area contributed by atoms with E-state index in [0.717, 1.165) is 0 Å². The molecule has 0 saturated carbocycles. The van der Waals surface area contributed by atoms with Gasteiger partial charge in [-0.25, -0.2) is 4.39 Å². The van der Waals surface area contributed by atoms with Gasteiger partial charge in [0.05, 0.1) is 12.5 Å². The summed E-state index contributed by atoms with van der Waals surface area (Å²) in [5.41, 5.74) is 3.52. The molecule has 3 N–H and O–H groups in total. The molecule has 17 heavy (non-hydrogen) atoms. The molecule has 0 bridgehead atoms. The Morgan fingerprint density at radius 2 is 2.00 bits per heavy atom. The molecule has 94 valence electrons. The Balaban J connectivity index is 0.00000256. The van der Waals surface area contributed by atoms with Crippen LogP contribution in [-0.2, 0) is 0 Å². The van der Waals surface area contributed by atoms with Gasteiger partial charge in [-0.15, -0.1) is 12.4 Å². The Kier molecular flexibility index (Phi) is 6.93. The molecule has 1 aromatic carbocycles. The van der Waals surface area contributed by atoms with Gasteiger partial charge in [0.2, 0.25) is 0 Å². The zero-order valence-electron chi connectivity index (χ0n) is 9.02. The molecule has 0 atom stereocenters. The van der Waals surface area contributed by atoms with Gasteiger partial charge in [0.15, 0.2) is 0 Å². The van der Waals surface area contributed by atoms with Crippen molar-refractivity contribution >= 4 is 18.4 Å². The largest absolute Gasteiger partial charge is 0.545 e. The molecule has 0 spiro atoms. The van der Waals surface area contributed by atoms with Crippen molar-refractivity contribution in [2.75, 3.05) is 13.2 Å². The first-order valence-electron chi connectivity index (χ1n) is 4.71. The smallest absolute Gasteiger partial charge is 0.139 e. The predicted octanol–water partition coefficient (Wildman–Crippen LogP) is -0.0540. The summed E-state index contributed by atoms with van der Waals surface area (Å²) in [7, 11) is 0. The predicted molar refractivity (Wildman–Crippen MR) is 60.5 cm³/mol. The van der Waals surface area contributed by atoms with Gasteiger partial charge in [-0.3, -0.25) is 0 Å². The fourth-order valence-corrected chi connectivity index (χ4v) is 1.06. The Labute approximate surface area is 104 Å². The molecule has 0 saturated heterocycles. The van der Waals surface area contributed by atoms with E-state index in [1.807, 2.05) is 0 Å². The van der Waals surface area contributed by atoms with E-state index >= 15 is 0 Å². The molecule has 0 radical (unpaired) electrons. The van der Waals surface area contributed by atoms with E-state index in [9.17, 15) is 14.3 Å². The van der Waals surface area contributed by atoms with Crippen LogP contribution in [-0.4, -0.2) is 19.1 Å². The van der Waals surface area contributed by atoms with Gasteiger partial charge in [0, 0.05) is 6.08 Å². The van der Waals surface area contributed by atoms with Crippen molar-refractivity contribution in [2.45, 2.75) is 0 Å². The van der Waals surface area contributed by atoms with E-state index in [-0.39, 0.29) is 24.6 Å². The standard InChI is InChI=1S/C11H12FNO3.ClH/c12-9(5-6-13)7-16-10-3-1-8(2-4-10)11(14)15;/h1-5H,6-7,13H2,(H,14,15);1H/b9-5+;. The summed E-state index contributed by atoms with van der Waals surface area (Å²) in [5, 5.41) is 10.4. The van der Waals surface area contributed by atoms with E-state index in [1.54, 1.807) is 0 Å². The topological polar surface area (TPSA) is 77.0 Å². The lowest BCUT2D eigenvalue weighted by atomic mass is 10.2. The first-order valence-corrected chi connectivity index (χ1v) is 4.71. The number of halogens is 2. The maximum absolute atomic E-state index is 12.9. The van der Waals surface area contributed by atoms with Crippen LogP contribution in [0.1, 0.15) is 10.4 Å². The first-order chi connectivity index (χ1) is 7.63. The molecule has 1 rings (SSSR count). The molecule has 0 aliphatic carbocycles. The van der Waals surface area contributed by atoms with E-state index in [0.29, 0.717) is 12.3 Å². The fraction of sp³-hybridized carbons (Fsp3) is 0.182. The third-order valence-electron chi connectivity index (χ3n) is 1.83. The lowest BCUT2D eigenvalue weighted by molar-refractivity contribution is -0.353. The maximum atomic E-state index is 12.9. The highest BCUT2D eigenvalue weighted by molar-refractivity contribution is 5.86. The number of hydrogen-bond acceptors (Lipinski definition) is 3. The van der Waals surface area contributed by atoms with Gasteiger partial charge in [-0.1, -0.05) is 0 Å². The number of carboxylic acid groups (broad SMARTS) is 1. The summed E-state index contributed by atoms with van der Waals surface area (Å²) in [5.74, 6) is -1.26. The molecule has 0 aromatic heterocycles. The molecule has 0 aliphatic heterocycles. The van der Waals surface area contributed by atoms with E-state index in [1.165, 1.54) is 30.3 Å². The van der Waals surface area contributed by atoms with Crippen molar-refractivity contribution in [1.29, 1.82) is 0 Å². The van der Waals surface area contributed by atoms with Crippen molar-refractivity contribution < 1.29 is 24.8 Å². The summed E-state index contributed by atoms with van der Waals surface area (Å²) in [6.45, 7) is 0.180. The lowest BCUT2D eigenvalue weighted by Crippen LogP contribution is -2.49. The van der Waals surface area contributed by atoms with Crippen LogP contribution in [0, 0.1) is 0 Å². The van der Waals surface area contributed by atoms with Gasteiger partial charge < -0.3 is 20.4 Å². The normalized spacial score (nSPS) is 10.6. The van der Waals surface area contributed by atoms with Crippen LogP contribution in [0.5, 0.6) is 5.75 Å². The third-order valence-corrected chi connectivity index (χ3v) is 1.83. The second kappa shape index (κ2) is 7.65. The van der Waals surface area contributed by atoms with Gasteiger partial charge in [0.25, 0.3) is 0 Å². The fourth-order valence-electron chi connectivity index (χ4n) is 1.06. The number of carbonyl (C=O) groups excluding carboxylic acids is 1. The van der Waals surface area contributed by atoms with E-state index in [4.69, 9.17) is 4.74 Å². The molecule has 0 amide bonds. The summed E-state index contributed by atoms with van der Waals surface area (Å²) in [6.07, 6.45) is 1.32. The zero-order chi connectivity index (χ0) is 12.0. The molecule has 0 unspecified atom stereocenters. The first kappa shape index (κ1) is 15.4. The quantitative estimate of drug-likeness (QED) is 0.807. The highest BCUT2D eigenvalue weighted by Gasteiger charge is 1.98. The number of rotatable bonds is 5. The Hall–Kier alpha value is -1.59. The zero-order valence-corrected chi connectivity index (χ0v) is 9.84. The van der Waals surface area contributed by atoms with Gasteiger partial charge in [-0.2, -0.15) is 0 Å². The molecule has 1 aromatic rings. The van der Waals surface area contributed by atoms with Crippen molar-refractivity contribution in [1.82, 2.24) is 0 Å². The summed E-state index contributed by atoms with van der Waals surface area (Å²) in [6, 6.07) is 5.58. The number of carbonyl (C=O) groups is 1. The third kappa shape index (κ3) is 5.33. The summed E-state index contributed by atoms with van der Waals surface area (Å²) < 4.78 is 18.0. The molecular weight excluding hydrogens is 249 g/mol. The molecular formula is C11H13ClFNO3. The molecule has 0 heterocycles. The van der Waals surface area contributed by atoms with Crippen LogP contribution >= 0.6 is 12.4 Å². The minimum Gasteiger partial charge on any atom is -0.545 e. The van der Waals surface area contributed by atoms with Gasteiger partial charge in [0.1, 0.15) is 18.2 Å². The van der Waals surface area contributed by atoms with Gasteiger partial charge >= 0.3 is 0 Å². The number of quaternary nitrogens is 1. The van der Waals surface area contributed by atoms with Crippen LogP contribution in [0.15, 0.2) is 36.2 Å². The Morgan fingerprint density at radius 1 is 1.41 bits per heavy atom. The molecule has 4 nitrogen and oxygen atoms in total. The van der Waals surface area contributed by atoms with E-state index in [2.05, 4.69) is 5.73 Å². The van der Waals surface area contributed by atoms with Crippen LogP contribution < -0.4 is 15.6 Å². The van der Waals surface area contributed by atoms with Gasteiger partial charge in [-0.05, 0) is 29.8 Å². The molecule has 0 aliphatic rings. The average Bonchev–Trinajstić information content (AvgIpc) is 2.27. The van der Waals surface area contributed by atoms with Crippen molar-refractivity contribution in [3.05, 3.63) is 41.7 Å². The number of benzene rings is 1. The monoisotopic (exact) mass is 261 g/mol. The Morgan fingerprint density at radius 3 is 2.47 bits per heavy atom. The van der Waals surface area contributed by atoms with Crippen LogP contribution in [0.4, 0.5) is 4.39 Å². The van der Waals surface area contributed by atoms with Crippen LogP contribution in [0.3, 0.4) is 0 Å². The number of ether oxygens (including phenoxy) is 1. The van der Waals surface area contributed by atoms with E-state index < -0.39 is 11.8 Å². The number of carboxylic acids is 1. The number of aromatic carboxylic acids is 1. The molecule has 0 fully saturated rings. The minimum absolute atomic E-state index is 0. The average molecular weight is 262 g/mol. The number of hydrogen-bond donors (Lipinski definition) is 1. The Bertz CT molecular complexity index is 392. The van der Waals surface area contributed by atoms with Crippen molar-refractivity contribution in [3.8, 4) is 5.75 Å². The highest BCUT2D eigenvalue weighted by Crippen LogP contribution is 2.12. The summed E-state index contributed by atoms with van der Waals surface area (Å²) >= 11 is 0. The van der Waals surface area contributed by atoms with Crippen LogP contribution in [0.25, 0.3) is 0 Å². The molecule has 6 heteroatoms. The second-order valence-corrected chi connectivity index (χ2v) is 3.04. The summed E-state index contributed by atoms with van der Waals surface area (Å²) in [4.78, 5) is 10.4. The SMILES string of the molecule is Cl.[NH3+]C/C=C(/F)COc1ccc(C(=O)[O-])cc1. The van der Waals surface area contributed by atoms with Crippen molar-refractivity contribution in [3.63, 3.8) is 0 Å².